The molecule has 10 aromatic rings. The first-order valence-corrected chi connectivity index (χ1v) is 16.8. The highest BCUT2D eigenvalue weighted by atomic mass is 32.1. The van der Waals surface area contributed by atoms with Crippen LogP contribution in [0, 0.1) is 0 Å². The van der Waals surface area contributed by atoms with Gasteiger partial charge in [-0.2, -0.15) is 0 Å². The SMILES string of the molecule is [2H]c1c([2H])c([2H])c2c(sc3c([2H])c([2H])c(-c4cccc(-c5nc(-c6ccc(-c7ccccc7)cc6)nc(-c6cccc7c6oc6ccccc67)n5)c4)c([2H])c32)c1[2H]. The van der Waals surface area contributed by atoms with Crippen LogP contribution >= 0.6 is 11.3 Å². The van der Waals surface area contributed by atoms with Crippen LogP contribution in [0.4, 0.5) is 0 Å². The molecule has 0 saturated heterocycles. The number of furan rings is 1. The van der Waals surface area contributed by atoms with E-state index in [2.05, 4.69) is 12.1 Å². The number of aromatic nitrogens is 3. The van der Waals surface area contributed by atoms with Gasteiger partial charge in [-0.25, -0.2) is 15.0 Å². The minimum absolute atomic E-state index is 0.0912. The molecule has 0 aliphatic rings. The summed E-state index contributed by atoms with van der Waals surface area (Å²) in [5.74, 6) is 1.18. The first kappa shape index (κ1) is 22.3. The lowest BCUT2D eigenvalue weighted by Crippen LogP contribution is -2.00. The molecule has 0 radical (unpaired) electrons. The molecule has 0 aliphatic carbocycles. The van der Waals surface area contributed by atoms with Crippen molar-refractivity contribution in [2.45, 2.75) is 0 Å². The van der Waals surface area contributed by atoms with Crippen molar-refractivity contribution in [3.63, 3.8) is 0 Å². The Hall–Kier alpha value is -6.43. The number of benzene rings is 7. The highest BCUT2D eigenvalue weighted by Gasteiger charge is 2.18. The van der Waals surface area contributed by atoms with Crippen LogP contribution < -0.4 is 0 Å². The highest BCUT2D eigenvalue weighted by molar-refractivity contribution is 7.25. The quantitative estimate of drug-likeness (QED) is 0.184. The van der Waals surface area contributed by atoms with Gasteiger partial charge in [0.05, 0.1) is 15.2 Å². The van der Waals surface area contributed by atoms with Crippen molar-refractivity contribution in [1.29, 1.82) is 0 Å². The minimum atomic E-state index is -0.411. The van der Waals surface area contributed by atoms with Crippen LogP contribution in [0.2, 0.25) is 0 Å². The van der Waals surface area contributed by atoms with Crippen LogP contribution in [0.1, 0.15) is 9.60 Å². The van der Waals surface area contributed by atoms with Gasteiger partial charge < -0.3 is 4.42 Å². The fourth-order valence-electron chi connectivity index (χ4n) is 6.38. The highest BCUT2D eigenvalue weighted by Crippen LogP contribution is 2.38. The van der Waals surface area contributed by atoms with Gasteiger partial charge >= 0.3 is 0 Å². The zero-order chi connectivity index (χ0) is 39.1. The number of rotatable bonds is 5. The van der Waals surface area contributed by atoms with Crippen molar-refractivity contribution in [1.82, 2.24) is 15.0 Å². The molecule has 0 N–H and O–H groups in total. The lowest BCUT2D eigenvalue weighted by molar-refractivity contribution is 0.669. The molecule has 5 heteroatoms. The number of thiophene rings is 1. The fraction of sp³-hybridized carbons (Fsp3) is 0. The second-order valence-electron chi connectivity index (χ2n) is 11.9. The van der Waals surface area contributed by atoms with Crippen LogP contribution in [-0.2, 0) is 0 Å². The van der Waals surface area contributed by atoms with E-state index >= 15 is 0 Å². The Morgan fingerprint density at radius 3 is 2.02 bits per heavy atom. The van der Waals surface area contributed by atoms with Gasteiger partial charge in [0.2, 0.25) is 0 Å². The van der Waals surface area contributed by atoms with Gasteiger partial charge in [-0.1, -0.05) is 127 Å². The molecule has 10 rings (SSSR count). The number of hydrogen-bond donors (Lipinski definition) is 0. The van der Waals surface area contributed by atoms with E-state index in [9.17, 15) is 1.37 Å². The van der Waals surface area contributed by atoms with Crippen molar-refractivity contribution in [2.24, 2.45) is 0 Å². The van der Waals surface area contributed by atoms with Gasteiger partial charge in [0.15, 0.2) is 17.5 Å². The van der Waals surface area contributed by atoms with Crippen LogP contribution in [0.3, 0.4) is 0 Å². The first-order chi connectivity index (χ1) is 27.7. The van der Waals surface area contributed by atoms with Crippen molar-refractivity contribution in [3.8, 4) is 56.4 Å². The average Bonchev–Trinajstić information content (AvgIpc) is 3.85. The molecule has 0 spiro atoms. The summed E-state index contributed by atoms with van der Waals surface area (Å²) in [5.41, 5.74) is 6.19. The summed E-state index contributed by atoms with van der Waals surface area (Å²) in [6.07, 6.45) is 0. The maximum Gasteiger partial charge on any atom is 0.167 e. The van der Waals surface area contributed by atoms with Gasteiger partial charge in [0, 0.05) is 42.1 Å². The van der Waals surface area contributed by atoms with E-state index in [4.69, 9.17) is 27.6 Å². The van der Waals surface area contributed by atoms with E-state index in [1.54, 1.807) is 18.2 Å². The Labute approximate surface area is 301 Å². The third kappa shape index (κ3) is 4.87. The molecule has 0 bridgehead atoms. The predicted octanol–water partition coefficient (Wildman–Crippen LogP) is 12.5. The van der Waals surface area contributed by atoms with Crippen molar-refractivity contribution >= 4 is 53.4 Å². The molecule has 4 nitrogen and oxygen atoms in total. The molecule has 0 fully saturated rings. The van der Waals surface area contributed by atoms with Crippen molar-refractivity contribution in [3.05, 3.63) is 164 Å². The molecular formula is C45H27N3OS. The Morgan fingerprint density at radius 2 is 1.12 bits per heavy atom. The number of nitrogens with zero attached hydrogens (tertiary/aromatic N) is 3. The molecule has 3 heterocycles. The summed E-state index contributed by atoms with van der Waals surface area (Å²) in [7, 11) is 0. The van der Waals surface area contributed by atoms with Gasteiger partial charge in [0.1, 0.15) is 11.2 Å². The monoisotopic (exact) mass is 664 g/mol. The molecule has 0 atom stereocenters. The Kier molecular flexibility index (Phi) is 5.17. The Bertz CT molecular complexity index is 3270. The first-order valence-electron chi connectivity index (χ1n) is 19.5. The van der Waals surface area contributed by atoms with E-state index in [1.807, 2.05) is 91.0 Å². The molecule has 50 heavy (non-hydrogen) atoms. The summed E-state index contributed by atoms with van der Waals surface area (Å²) in [6, 6.07) is 37.3. The third-order valence-electron chi connectivity index (χ3n) is 8.83. The maximum atomic E-state index is 9.37. The van der Waals surface area contributed by atoms with E-state index in [0.717, 1.165) is 44.4 Å². The summed E-state index contributed by atoms with van der Waals surface area (Å²) < 4.78 is 68.0. The van der Waals surface area contributed by atoms with E-state index in [1.165, 1.54) is 0 Å². The summed E-state index contributed by atoms with van der Waals surface area (Å²) in [5, 5.41) is 2.32. The lowest BCUT2D eigenvalue weighted by Gasteiger charge is -2.10. The second kappa shape index (κ2) is 11.6. The third-order valence-corrected chi connectivity index (χ3v) is 9.85. The molecule has 234 valence electrons. The zero-order valence-electron chi connectivity index (χ0n) is 33.2. The molecule has 3 aromatic heterocycles. The molecule has 0 aliphatic heterocycles. The predicted molar refractivity (Wildman–Crippen MR) is 207 cm³/mol. The second-order valence-corrected chi connectivity index (χ2v) is 12.9. The normalized spacial score (nSPS) is 13.6. The minimum Gasteiger partial charge on any atom is -0.455 e. The smallest absolute Gasteiger partial charge is 0.167 e. The van der Waals surface area contributed by atoms with Crippen LogP contribution in [-0.4, -0.2) is 15.0 Å². The van der Waals surface area contributed by atoms with Crippen molar-refractivity contribution < 1.29 is 14.0 Å². The van der Waals surface area contributed by atoms with Gasteiger partial charge in [0.25, 0.3) is 0 Å². The molecular weight excluding hydrogens is 631 g/mol. The molecule has 0 amide bonds. The van der Waals surface area contributed by atoms with Crippen LogP contribution in [0.5, 0.6) is 0 Å². The van der Waals surface area contributed by atoms with E-state index in [0.29, 0.717) is 39.7 Å². The lowest BCUT2D eigenvalue weighted by atomic mass is 10.0. The largest absolute Gasteiger partial charge is 0.455 e. The van der Waals surface area contributed by atoms with E-state index in [-0.39, 0.29) is 62.0 Å². The molecule has 0 unspecified atom stereocenters. The van der Waals surface area contributed by atoms with Gasteiger partial charge in [-0.05, 0) is 58.6 Å². The summed E-state index contributed by atoms with van der Waals surface area (Å²) in [6.45, 7) is 0. The van der Waals surface area contributed by atoms with Gasteiger partial charge in [-0.3, -0.25) is 0 Å². The summed E-state index contributed by atoms with van der Waals surface area (Å²) >= 11 is 1.01. The maximum absolute atomic E-state index is 9.37. The Morgan fingerprint density at radius 1 is 0.460 bits per heavy atom. The summed E-state index contributed by atoms with van der Waals surface area (Å²) in [4.78, 5) is 15.0. The average molecular weight is 665 g/mol. The van der Waals surface area contributed by atoms with Crippen molar-refractivity contribution in [2.75, 3.05) is 0 Å². The van der Waals surface area contributed by atoms with E-state index < -0.39 is 6.04 Å². The van der Waals surface area contributed by atoms with Crippen LogP contribution in [0.15, 0.2) is 168 Å². The number of fused-ring (bicyclic) bond motifs is 6. The van der Waals surface area contributed by atoms with Crippen LogP contribution in [0.25, 0.3) is 98.5 Å². The molecule has 7 aromatic carbocycles. The van der Waals surface area contributed by atoms with Gasteiger partial charge in [-0.15, -0.1) is 11.3 Å². The molecule has 0 saturated carbocycles. The Balaban J connectivity index is 1.17. The topological polar surface area (TPSA) is 51.8 Å². The number of hydrogen-bond acceptors (Lipinski definition) is 5. The zero-order valence-corrected chi connectivity index (χ0v) is 27.0. The fourth-order valence-corrected chi connectivity index (χ4v) is 7.30. The standard InChI is InChI=1S/C45H27N3OS/c1-2-10-28(11-3-1)29-20-22-30(23-21-29)43-46-44(48-45(47-43)37-17-9-16-36-34-14-4-6-18-39(34)49-42(36)37)33-13-8-12-31(26-33)32-24-25-41-38(27-32)35-15-5-7-19-40(35)50-41/h1-27H/i5D,7D,15D,19D,24D,25D,27D. The number of para-hydroxylation sites is 2.